The minimum atomic E-state index is -0.570. The van der Waals surface area contributed by atoms with Gasteiger partial charge in [0.05, 0.1) is 0 Å². The van der Waals surface area contributed by atoms with E-state index in [-0.39, 0.29) is 0 Å². The second-order valence-electron chi connectivity index (χ2n) is 4.05. The van der Waals surface area contributed by atoms with Gasteiger partial charge in [0, 0.05) is 42.7 Å². The van der Waals surface area contributed by atoms with E-state index in [2.05, 4.69) is 15.6 Å². The quantitative estimate of drug-likeness (QED) is 0.868. The van der Waals surface area contributed by atoms with Crippen molar-refractivity contribution in [1.29, 1.82) is 0 Å². The highest BCUT2D eigenvalue weighted by Gasteiger charge is 2.03. The van der Waals surface area contributed by atoms with E-state index in [1.807, 2.05) is 13.0 Å². The monoisotopic (exact) mass is 263 g/mol. The molecule has 0 amide bonds. The van der Waals surface area contributed by atoms with Crippen molar-refractivity contribution in [3.8, 4) is 0 Å². The van der Waals surface area contributed by atoms with Crippen molar-refractivity contribution in [2.24, 2.45) is 0 Å². The number of anilines is 2. The van der Waals surface area contributed by atoms with Gasteiger partial charge in [-0.1, -0.05) is 6.07 Å². The Labute approximate surface area is 110 Å². The van der Waals surface area contributed by atoms with Gasteiger partial charge in [0.1, 0.15) is 17.5 Å². The number of nitrogens with zero attached hydrogens (tertiary/aromatic N) is 1. The average Bonchev–Trinajstić information content (AvgIpc) is 2.38. The summed E-state index contributed by atoms with van der Waals surface area (Å²) in [7, 11) is 0. The van der Waals surface area contributed by atoms with E-state index in [4.69, 9.17) is 0 Å². The Kier molecular flexibility index (Phi) is 4.28. The summed E-state index contributed by atoms with van der Waals surface area (Å²) in [5.41, 5.74) is 1.25. The third-order valence-corrected chi connectivity index (χ3v) is 2.62. The third kappa shape index (κ3) is 3.64. The van der Waals surface area contributed by atoms with Crippen molar-refractivity contribution in [3.63, 3.8) is 0 Å². The van der Waals surface area contributed by atoms with E-state index in [0.29, 0.717) is 12.1 Å². The van der Waals surface area contributed by atoms with Crippen LogP contribution < -0.4 is 10.6 Å². The summed E-state index contributed by atoms with van der Waals surface area (Å²) in [5, 5.41) is 6.17. The fourth-order valence-electron chi connectivity index (χ4n) is 1.68. The highest BCUT2D eigenvalue weighted by molar-refractivity contribution is 5.52. The molecule has 1 aromatic heterocycles. The number of benzene rings is 1. The van der Waals surface area contributed by atoms with Crippen LogP contribution in [-0.4, -0.2) is 11.5 Å². The molecule has 2 N–H and O–H groups in total. The Morgan fingerprint density at radius 3 is 2.68 bits per heavy atom. The first-order chi connectivity index (χ1) is 9.19. The fraction of sp³-hybridized carbons (Fsp3) is 0.214. The van der Waals surface area contributed by atoms with Gasteiger partial charge in [-0.15, -0.1) is 0 Å². The lowest BCUT2D eigenvalue weighted by Crippen LogP contribution is -2.04. The van der Waals surface area contributed by atoms with Crippen molar-refractivity contribution in [3.05, 3.63) is 53.7 Å². The van der Waals surface area contributed by atoms with Crippen molar-refractivity contribution in [2.45, 2.75) is 13.5 Å². The third-order valence-electron chi connectivity index (χ3n) is 2.62. The fourth-order valence-corrected chi connectivity index (χ4v) is 1.68. The first-order valence-electron chi connectivity index (χ1n) is 6.06. The Hall–Kier alpha value is -2.17. The summed E-state index contributed by atoms with van der Waals surface area (Å²) < 4.78 is 26.2. The summed E-state index contributed by atoms with van der Waals surface area (Å²) in [6.45, 7) is 3.06. The Bertz CT molecular complexity index is 558. The van der Waals surface area contributed by atoms with Gasteiger partial charge in [-0.2, -0.15) is 0 Å². The second kappa shape index (κ2) is 6.13. The molecule has 0 saturated carbocycles. The lowest BCUT2D eigenvalue weighted by Gasteiger charge is -2.09. The Balaban J connectivity index is 2.03. The molecule has 1 aromatic carbocycles. The predicted octanol–water partition coefficient (Wildman–Crippen LogP) is 3.40. The van der Waals surface area contributed by atoms with Crippen LogP contribution in [0.2, 0.25) is 0 Å². The molecule has 1 heterocycles. The molecule has 0 saturated heterocycles. The van der Waals surface area contributed by atoms with Crippen LogP contribution in [-0.2, 0) is 6.54 Å². The van der Waals surface area contributed by atoms with E-state index >= 15 is 0 Å². The van der Waals surface area contributed by atoms with Gasteiger partial charge in [0.2, 0.25) is 0 Å². The molecule has 5 heteroatoms. The van der Waals surface area contributed by atoms with Gasteiger partial charge in [-0.3, -0.25) is 0 Å². The van der Waals surface area contributed by atoms with Crippen LogP contribution >= 0.6 is 0 Å². The van der Waals surface area contributed by atoms with Crippen LogP contribution in [0.1, 0.15) is 12.5 Å². The zero-order valence-corrected chi connectivity index (χ0v) is 10.6. The summed E-state index contributed by atoms with van der Waals surface area (Å²) in [6.07, 6.45) is 1.67. The molecule has 2 rings (SSSR count). The standard InChI is InChI=1S/C14H15F2N3/c1-2-17-14-8-12(5-6-18-14)19-9-10-3-4-11(15)7-13(10)16/h3-8H,2,9H2,1H3,(H2,17,18,19). The summed E-state index contributed by atoms with van der Waals surface area (Å²) >= 11 is 0. The van der Waals surface area contributed by atoms with E-state index in [0.717, 1.165) is 24.1 Å². The van der Waals surface area contributed by atoms with Crippen molar-refractivity contribution < 1.29 is 8.78 Å². The number of halogens is 2. The molecule has 0 spiro atoms. The first-order valence-corrected chi connectivity index (χ1v) is 6.06. The Morgan fingerprint density at radius 1 is 1.11 bits per heavy atom. The largest absolute Gasteiger partial charge is 0.381 e. The maximum atomic E-state index is 13.4. The van der Waals surface area contributed by atoms with Gasteiger partial charge in [0.15, 0.2) is 0 Å². The molecule has 0 unspecified atom stereocenters. The van der Waals surface area contributed by atoms with E-state index in [9.17, 15) is 8.78 Å². The second-order valence-corrected chi connectivity index (χ2v) is 4.05. The van der Waals surface area contributed by atoms with Gasteiger partial charge in [-0.05, 0) is 19.1 Å². The van der Waals surface area contributed by atoms with Crippen molar-refractivity contribution in [1.82, 2.24) is 4.98 Å². The molecule has 0 atom stereocenters. The number of rotatable bonds is 5. The molecular formula is C14H15F2N3. The number of aromatic nitrogens is 1. The highest BCUT2D eigenvalue weighted by Crippen LogP contribution is 2.15. The zero-order valence-electron chi connectivity index (χ0n) is 10.6. The van der Waals surface area contributed by atoms with Gasteiger partial charge < -0.3 is 10.6 Å². The van der Waals surface area contributed by atoms with Crippen LogP contribution in [0.15, 0.2) is 36.5 Å². The number of nitrogens with one attached hydrogen (secondary N) is 2. The molecule has 0 fully saturated rings. The molecule has 3 nitrogen and oxygen atoms in total. The minimum Gasteiger partial charge on any atom is -0.381 e. The topological polar surface area (TPSA) is 37.0 Å². The van der Waals surface area contributed by atoms with E-state index in [1.54, 1.807) is 12.3 Å². The zero-order chi connectivity index (χ0) is 13.7. The number of pyridine rings is 1. The van der Waals surface area contributed by atoms with Crippen LogP contribution in [0.25, 0.3) is 0 Å². The van der Waals surface area contributed by atoms with E-state index in [1.165, 1.54) is 12.1 Å². The predicted molar refractivity (Wildman–Crippen MR) is 72.1 cm³/mol. The molecule has 0 radical (unpaired) electrons. The summed E-state index contributed by atoms with van der Waals surface area (Å²) in [4.78, 5) is 4.14. The normalized spacial score (nSPS) is 10.3. The lowest BCUT2D eigenvalue weighted by atomic mass is 10.2. The molecule has 0 bridgehead atoms. The highest BCUT2D eigenvalue weighted by atomic mass is 19.1. The van der Waals surface area contributed by atoms with Gasteiger partial charge in [-0.25, -0.2) is 13.8 Å². The average molecular weight is 263 g/mol. The van der Waals surface area contributed by atoms with Crippen LogP contribution in [0.4, 0.5) is 20.3 Å². The summed E-state index contributed by atoms with van der Waals surface area (Å²) in [5.74, 6) is -0.361. The lowest BCUT2D eigenvalue weighted by molar-refractivity contribution is 0.574. The Morgan fingerprint density at radius 2 is 1.95 bits per heavy atom. The maximum Gasteiger partial charge on any atom is 0.131 e. The molecule has 2 aromatic rings. The molecule has 0 aliphatic rings. The molecule has 0 aliphatic carbocycles. The van der Waals surface area contributed by atoms with Crippen molar-refractivity contribution in [2.75, 3.05) is 17.2 Å². The first kappa shape index (κ1) is 13.3. The van der Waals surface area contributed by atoms with Crippen LogP contribution in [0.5, 0.6) is 0 Å². The minimum absolute atomic E-state index is 0.293. The summed E-state index contributed by atoms with van der Waals surface area (Å²) in [6, 6.07) is 7.20. The van der Waals surface area contributed by atoms with Gasteiger partial charge in [0.25, 0.3) is 0 Å². The molecular weight excluding hydrogens is 248 g/mol. The van der Waals surface area contributed by atoms with E-state index < -0.39 is 11.6 Å². The SMILES string of the molecule is CCNc1cc(NCc2ccc(F)cc2F)ccn1. The van der Waals surface area contributed by atoms with Crippen LogP contribution in [0, 0.1) is 11.6 Å². The maximum absolute atomic E-state index is 13.4. The molecule has 100 valence electrons. The van der Waals surface area contributed by atoms with Gasteiger partial charge >= 0.3 is 0 Å². The number of hydrogen-bond donors (Lipinski definition) is 2. The smallest absolute Gasteiger partial charge is 0.131 e. The molecule has 19 heavy (non-hydrogen) atoms. The van der Waals surface area contributed by atoms with Crippen molar-refractivity contribution >= 4 is 11.5 Å². The molecule has 0 aliphatic heterocycles. The number of hydrogen-bond acceptors (Lipinski definition) is 3. The van der Waals surface area contributed by atoms with Crippen LogP contribution in [0.3, 0.4) is 0 Å².